The van der Waals surface area contributed by atoms with E-state index in [-0.39, 0.29) is 5.92 Å². The van der Waals surface area contributed by atoms with E-state index >= 15 is 0 Å². The Morgan fingerprint density at radius 2 is 1.71 bits per heavy atom. The number of aliphatic hydroxyl groups is 1. The van der Waals surface area contributed by atoms with Crippen molar-refractivity contribution in [2.75, 3.05) is 39.8 Å². The molecule has 2 unspecified atom stereocenters. The number of hydrogen-bond donors (Lipinski definition) is 1. The van der Waals surface area contributed by atoms with Crippen LogP contribution in [-0.2, 0) is 6.42 Å². The average Bonchev–Trinajstić information content (AvgIpc) is 2.92. The lowest BCUT2D eigenvalue weighted by atomic mass is 9.74. The third-order valence-electron chi connectivity index (χ3n) is 7.11. The Hall–Kier alpha value is -1.65. The molecule has 1 aliphatic carbocycles. The van der Waals surface area contributed by atoms with Gasteiger partial charge in [0.1, 0.15) is 0 Å². The van der Waals surface area contributed by atoms with E-state index < -0.39 is 5.60 Å². The SMILES string of the molecule is CN1CCN(CC2CCCC/C(=C/c3ccccc3)C2(O)Cc2ccccc2Cl)CC1. The lowest BCUT2D eigenvalue weighted by Gasteiger charge is -2.42. The number of halogens is 1. The normalized spacial score (nSPS) is 27.3. The zero-order valence-electron chi connectivity index (χ0n) is 18.6. The molecule has 2 atom stereocenters. The van der Waals surface area contributed by atoms with Crippen molar-refractivity contribution >= 4 is 17.7 Å². The van der Waals surface area contributed by atoms with Crippen LogP contribution in [-0.4, -0.2) is 60.3 Å². The smallest absolute Gasteiger partial charge is 0.0940 e. The molecule has 1 N–H and O–H groups in total. The minimum absolute atomic E-state index is 0.199. The Bertz CT molecular complexity index is 876. The molecule has 166 valence electrons. The molecule has 3 nitrogen and oxygen atoms in total. The van der Waals surface area contributed by atoms with E-state index in [9.17, 15) is 5.11 Å². The molecule has 4 heteroatoms. The molecule has 2 aliphatic rings. The Morgan fingerprint density at radius 1 is 1.00 bits per heavy atom. The van der Waals surface area contributed by atoms with Crippen LogP contribution in [0.15, 0.2) is 60.2 Å². The van der Waals surface area contributed by atoms with Gasteiger partial charge < -0.3 is 14.9 Å². The van der Waals surface area contributed by atoms with Gasteiger partial charge in [0.15, 0.2) is 0 Å². The van der Waals surface area contributed by atoms with Crippen LogP contribution in [0.3, 0.4) is 0 Å². The van der Waals surface area contributed by atoms with Crippen molar-refractivity contribution < 1.29 is 5.11 Å². The number of nitrogens with zero attached hydrogens (tertiary/aromatic N) is 2. The zero-order chi connectivity index (χ0) is 21.7. The topological polar surface area (TPSA) is 26.7 Å². The molecule has 4 rings (SSSR count). The fraction of sp³-hybridized carbons (Fsp3) is 0.481. The fourth-order valence-electron chi connectivity index (χ4n) is 5.15. The highest BCUT2D eigenvalue weighted by molar-refractivity contribution is 6.31. The van der Waals surface area contributed by atoms with Gasteiger partial charge in [0.2, 0.25) is 0 Å². The van der Waals surface area contributed by atoms with Gasteiger partial charge in [-0.15, -0.1) is 0 Å². The van der Waals surface area contributed by atoms with Crippen molar-refractivity contribution in [2.45, 2.75) is 37.7 Å². The highest BCUT2D eigenvalue weighted by atomic mass is 35.5. The molecule has 31 heavy (non-hydrogen) atoms. The lowest BCUT2D eigenvalue weighted by molar-refractivity contribution is -0.00642. The van der Waals surface area contributed by atoms with Gasteiger partial charge in [0.05, 0.1) is 5.60 Å². The minimum atomic E-state index is -0.888. The number of rotatable bonds is 5. The minimum Gasteiger partial charge on any atom is -0.385 e. The van der Waals surface area contributed by atoms with Crippen molar-refractivity contribution in [2.24, 2.45) is 5.92 Å². The summed E-state index contributed by atoms with van der Waals surface area (Å²) in [6.45, 7) is 5.30. The third kappa shape index (κ3) is 5.59. The van der Waals surface area contributed by atoms with Gasteiger partial charge in [-0.1, -0.05) is 72.6 Å². The van der Waals surface area contributed by atoms with Crippen molar-refractivity contribution in [1.82, 2.24) is 9.80 Å². The lowest BCUT2D eigenvalue weighted by Crippen LogP contribution is -2.51. The van der Waals surface area contributed by atoms with E-state index in [1.54, 1.807) is 0 Å². The second-order valence-corrected chi connectivity index (χ2v) is 9.73. The molecular formula is C27H35ClN2O. The van der Waals surface area contributed by atoms with Gasteiger partial charge in [0.25, 0.3) is 0 Å². The van der Waals surface area contributed by atoms with Crippen molar-refractivity contribution in [1.29, 1.82) is 0 Å². The maximum absolute atomic E-state index is 12.4. The first-order valence-electron chi connectivity index (χ1n) is 11.7. The highest BCUT2D eigenvalue weighted by Gasteiger charge is 2.42. The van der Waals surface area contributed by atoms with E-state index in [1.807, 2.05) is 24.3 Å². The summed E-state index contributed by atoms with van der Waals surface area (Å²) < 4.78 is 0. The summed E-state index contributed by atoms with van der Waals surface area (Å²) in [5.41, 5.74) is 2.47. The molecule has 2 aromatic carbocycles. The predicted molar refractivity (Wildman–Crippen MR) is 130 cm³/mol. The Morgan fingerprint density at radius 3 is 2.45 bits per heavy atom. The molecular weight excluding hydrogens is 404 g/mol. The van der Waals surface area contributed by atoms with Gasteiger partial charge in [-0.3, -0.25) is 0 Å². The molecule has 0 bridgehead atoms. The maximum atomic E-state index is 12.4. The van der Waals surface area contributed by atoms with E-state index in [2.05, 4.69) is 53.3 Å². The van der Waals surface area contributed by atoms with Crippen LogP contribution >= 0.6 is 11.6 Å². The molecule has 0 aromatic heterocycles. The molecule has 0 radical (unpaired) electrons. The summed E-state index contributed by atoms with van der Waals surface area (Å²) in [6, 6.07) is 18.4. The molecule has 1 aliphatic heterocycles. The van der Waals surface area contributed by atoms with Crippen LogP contribution in [0.5, 0.6) is 0 Å². The van der Waals surface area contributed by atoms with E-state index in [0.717, 1.165) is 80.1 Å². The number of hydrogen-bond acceptors (Lipinski definition) is 3. The highest BCUT2D eigenvalue weighted by Crippen LogP contribution is 2.41. The van der Waals surface area contributed by atoms with Crippen LogP contribution < -0.4 is 0 Å². The van der Waals surface area contributed by atoms with Crippen LogP contribution in [0.25, 0.3) is 6.08 Å². The number of likely N-dealkylation sites (N-methyl/N-ethyl adjacent to an activating group) is 1. The van der Waals surface area contributed by atoms with Crippen molar-refractivity contribution in [3.8, 4) is 0 Å². The standard InChI is InChI=1S/C27H35ClN2O/c1-29-15-17-30(18-16-29)21-25-13-7-6-12-24(19-22-9-3-2-4-10-22)27(25,31)20-23-11-5-8-14-26(23)28/h2-5,8-11,14,19,25,31H,6-7,12-13,15-18,20-21H2,1H3/b24-19-. The van der Waals surface area contributed by atoms with Crippen LogP contribution in [0, 0.1) is 5.92 Å². The van der Waals surface area contributed by atoms with Gasteiger partial charge in [-0.25, -0.2) is 0 Å². The first-order valence-corrected chi connectivity index (χ1v) is 12.1. The van der Waals surface area contributed by atoms with Gasteiger partial charge in [0, 0.05) is 50.1 Å². The van der Waals surface area contributed by atoms with E-state index in [0.29, 0.717) is 6.42 Å². The van der Waals surface area contributed by atoms with Gasteiger partial charge in [-0.05, 0) is 49.1 Å². The summed E-state index contributed by atoms with van der Waals surface area (Å²) in [6.07, 6.45) is 7.09. The first kappa shape index (κ1) is 22.5. The fourth-order valence-corrected chi connectivity index (χ4v) is 5.35. The quantitative estimate of drug-likeness (QED) is 0.655. The second kappa shape index (κ2) is 10.3. The van der Waals surface area contributed by atoms with E-state index in [1.165, 1.54) is 0 Å². The molecule has 1 heterocycles. The van der Waals surface area contributed by atoms with Crippen LogP contribution in [0.4, 0.5) is 0 Å². The van der Waals surface area contributed by atoms with Crippen LogP contribution in [0.2, 0.25) is 5.02 Å². The zero-order valence-corrected chi connectivity index (χ0v) is 19.4. The predicted octanol–water partition coefficient (Wildman–Crippen LogP) is 5.13. The van der Waals surface area contributed by atoms with E-state index in [4.69, 9.17) is 11.6 Å². The van der Waals surface area contributed by atoms with Crippen molar-refractivity contribution in [3.63, 3.8) is 0 Å². The number of piperazine rings is 1. The molecule has 1 saturated heterocycles. The molecule has 0 spiro atoms. The molecule has 2 aromatic rings. The summed E-state index contributed by atoms with van der Waals surface area (Å²) in [7, 11) is 2.19. The summed E-state index contributed by atoms with van der Waals surface area (Å²) in [4.78, 5) is 4.94. The Kier molecular flexibility index (Phi) is 7.50. The Balaban J connectivity index is 1.68. The van der Waals surface area contributed by atoms with Gasteiger partial charge in [-0.2, -0.15) is 0 Å². The average molecular weight is 439 g/mol. The second-order valence-electron chi connectivity index (χ2n) is 9.32. The molecule has 1 saturated carbocycles. The monoisotopic (exact) mass is 438 g/mol. The van der Waals surface area contributed by atoms with Gasteiger partial charge >= 0.3 is 0 Å². The third-order valence-corrected chi connectivity index (χ3v) is 7.48. The Labute approximate surface area is 192 Å². The summed E-state index contributed by atoms with van der Waals surface area (Å²) in [5, 5.41) is 13.2. The maximum Gasteiger partial charge on any atom is 0.0940 e. The summed E-state index contributed by atoms with van der Waals surface area (Å²) in [5.74, 6) is 0.199. The number of benzene rings is 2. The van der Waals surface area contributed by atoms with Crippen LogP contribution in [0.1, 0.15) is 36.8 Å². The molecule has 0 amide bonds. The first-order chi connectivity index (χ1) is 15.0. The molecule has 2 fully saturated rings. The summed E-state index contributed by atoms with van der Waals surface area (Å²) >= 11 is 6.56. The van der Waals surface area contributed by atoms with Crippen molar-refractivity contribution in [3.05, 3.63) is 76.3 Å². The largest absolute Gasteiger partial charge is 0.385 e.